The molecule has 6 nitrogen and oxygen atoms in total. The largest absolute Gasteiger partial charge is 0.480 e. The highest BCUT2D eigenvalue weighted by Crippen LogP contribution is 1.98. The van der Waals surface area contributed by atoms with Gasteiger partial charge in [0.15, 0.2) is 0 Å². The third-order valence-electron chi connectivity index (χ3n) is 1.91. The van der Waals surface area contributed by atoms with Crippen LogP contribution in [0, 0.1) is 0 Å². The van der Waals surface area contributed by atoms with Gasteiger partial charge in [0.2, 0.25) is 5.91 Å². The number of carbonyl (C=O) groups is 2. The molecule has 0 unspecified atom stereocenters. The number of aromatic nitrogens is 2. The number of amides is 1. The van der Waals surface area contributed by atoms with E-state index < -0.39 is 17.9 Å². The van der Waals surface area contributed by atoms with Gasteiger partial charge in [-0.25, -0.2) is 9.78 Å². The standard InChI is InChI=1S/C10H13N3O3/c1-2-3-9(14)13-8(10(15)16)4-7-5-11-6-12-7/h2-3,5-6,8H,4H2,1H3,(H,11,12)(H,13,14)(H,15,16)/b3-2+/t8-/m1/s1. The molecule has 0 aromatic carbocycles. The predicted molar refractivity (Wildman–Crippen MR) is 56.7 cm³/mol. The van der Waals surface area contributed by atoms with E-state index in [9.17, 15) is 9.59 Å². The van der Waals surface area contributed by atoms with Crippen molar-refractivity contribution >= 4 is 11.9 Å². The van der Waals surface area contributed by atoms with Crippen LogP contribution in [-0.4, -0.2) is 33.0 Å². The fourth-order valence-corrected chi connectivity index (χ4v) is 1.19. The van der Waals surface area contributed by atoms with Gasteiger partial charge < -0.3 is 15.4 Å². The number of carbonyl (C=O) groups excluding carboxylic acids is 1. The van der Waals surface area contributed by atoms with Crippen LogP contribution >= 0.6 is 0 Å². The Morgan fingerprint density at radius 3 is 2.94 bits per heavy atom. The molecule has 0 aliphatic rings. The first kappa shape index (κ1) is 12.0. The zero-order valence-electron chi connectivity index (χ0n) is 8.80. The van der Waals surface area contributed by atoms with E-state index in [1.807, 2.05) is 0 Å². The number of carboxylic acids is 1. The average molecular weight is 223 g/mol. The van der Waals surface area contributed by atoms with Gasteiger partial charge in [-0.05, 0) is 13.0 Å². The van der Waals surface area contributed by atoms with E-state index in [4.69, 9.17) is 5.11 Å². The first-order valence-electron chi connectivity index (χ1n) is 4.76. The number of hydrogen-bond donors (Lipinski definition) is 3. The van der Waals surface area contributed by atoms with Crippen molar-refractivity contribution in [2.45, 2.75) is 19.4 Å². The van der Waals surface area contributed by atoms with Gasteiger partial charge in [-0.3, -0.25) is 4.79 Å². The number of rotatable bonds is 5. The Morgan fingerprint density at radius 1 is 1.69 bits per heavy atom. The molecule has 0 aliphatic heterocycles. The number of nitrogens with zero attached hydrogens (tertiary/aromatic N) is 1. The van der Waals surface area contributed by atoms with Crippen molar-refractivity contribution in [1.82, 2.24) is 15.3 Å². The maximum atomic E-state index is 11.2. The van der Waals surface area contributed by atoms with Crippen LogP contribution in [0.1, 0.15) is 12.6 Å². The smallest absolute Gasteiger partial charge is 0.326 e. The second kappa shape index (κ2) is 5.69. The van der Waals surface area contributed by atoms with Crippen LogP contribution in [-0.2, 0) is 16.0 Å². The summed E-state index contributed by atoms with van der Waals surface area (Å²) in [5.74, 6) is -1.50. The number of carboxylic acid groups (broad SMARTS) is 1. The molecular formula is C10H13N3O3. The van der Waals surface area contributed by atoms with Crippen LogP contribution in [0.2, 0.25) is 0 Å². The summed E-state index contributed by atoms with van der Waals surface area (Å²) in [6.07, 6.45) is 5.99. The summed E-state index contributed by atoms with van der Waals surface area (Å²) in [5.41, 5.74) is 0.660. The van der Waals surface area contributed by atoms with E-state index in [2.05, 4.69) is 15.3 Å². The van der Waals surface area contributed by atoms with Gasteiger partial charge in [-0.15, -0.1) is 0 Å². The number of nitrogens with one attached hydrogen (secondary N) is 2. The number of hydrogen-bond acceptors (Lipinski definition) is 3. The molecule has 0 saturated carbocycles. The van der Waals surface area contributed by atoms with Crippen LogP contribution in [0.15, 0.2) is 24.7 Å². The molecule has 0 saturated heterocycles. The molecule has 1 rings (SSSR count). The molecule has 1 aromatic heterocycles. The van der Waals surface area contributed by atoms with Gasteiger partial charge in [-0.1, -0.05) is 6.08 Å². The summed E-state index contributed by atoms with van der Waals surface area (Å²) >= 11 is 0. The van der Waals surface area contributed by atoms with Gasteiger partial charge >= 0.3 is 5.97 Å². The van der Waals surface area contributed by atoms with Gasteiger partial charge in [0.05, 0.1) is 6.33 Å². The topological polar surface area (TPSA) is 95.1 Å². The number of H-pyrrole nitrogens is 1. The molecule has 1 amide bonds. The quantitative estimate of drug-likeness (QED) is 0.617. The summed E-state index contributed by atoms with van der Waals surface area (Å²) in [6, 6.07) is -0.954. The number of aromatic amines is 1. The average Bonchev–Trinajstić information content (AvgIpc) is 2.69. The van der Waals surface area contributed by atoms with Crippen molar-refractivity contribution in [3.63, 3.8) is 0 Å². The van der Waals surface area contributed by atoms with Crippen molar-refractivity contribution in [3.05, 3.63) is 30.4 Å². The van der Waals surface area contributed by atoms with Crippen LogP contribution < -0.4 is 5.32 Å². The zero-order chi connectivity index (χ0) is 12.0. The van der Waals surface area contributed by atoms with Crippen LogP contribution in [0.3, 0.4) is 0 Å². The van der Waals surface area contributed by atoms with Gasteiger partial charge in [0.1, 0.15) is 6.04 Å². The normalized spacial score (nSPS) is 12.6. The third-order valence-corrected chi connectivity index (χ3v) is 1.91. The maximum absolute atomic E-state index is 11.2. The summed E-state index contributed by atoms with van der Waals surface area (Å²) < 4.78 is 0. The molecule has 1 heterocycles. The highest BCUT2D eigenvalue weighted by molar-refractivity contribution is 5.91. The van der Waals surface area contributed by atoms with E-state index in [-0.39, 0.29) is 6.42 Å². The lowest BCUT2D eigenvalue weighted by atomic mass is 10.1. The number of aliphatic carboxylic acids is 1. The van der Waals surface area contributed by atoms with Gasteiger partial charge in [0.25, 0.3) is 0 Å². The maximum Gasteiger partial charge on any atom is 0.326 e. The number of imidazole rings is 1. The van der Waals surface area contributed by atoms with Crippen LogP contribution in [0.4, 0.5) is 0 Å². The first-order chi connectivity index (χ1) is 7.63. The minimum Gasteiger partial charge on any atom is -0.480 e. The molecule has 16 heavy (non-hydrogen) atoms. The molecule has 86 valence electrons. The fourth-order valence-electron chi connectivity index (χ4n) is 1.19. The summed E-state index contributed by atoms with van der Waals surface area (Å²) in [7, 11) is 0. The Labute approximate surface area is 92.4 Å². The van der Waals surface area contributed by atoms with E-state index in [1.165, 1.54) is 18.6 Å². The summed E-state index contributed by atoms with van der Waals surface area (Å²) in [5, 5.41) is 11.3. The molecular weight excluding hydrogens is 210 g/mol. The Bertz CT molecular complexity index is 384. The molecule has 1 aromatic rings. The highest BCUT2D eigenvalue weighted by atomic mass is 16.4. The van der Waals surface area contributed by atoms with Crippen molar-refractivity contribution in [3.8, 4) is 0 Å². The molecule has 1 atom stereocenters. The summed E-state index contributed by atoms with van der Waals surface area (Å²) in [4.78, 5) is 28.7. The summed E-state index contributed by atoms with van der Waals surface area (Å²) in [6.45, 7) is 1.68. The monoisotopic (exact) mass is 223 g/mol. The Balaban J connectivity index is 2.61. The van der Waals surface area contributed by atoms with E-state index in [1.54, 1.807) is 13.0 Å². The molecule has 3 N–H and O–H groups in total. The van der Waals surface area contributed by atoms with Crippen molar-refractivity contribution in [1.29, 1.82) is 0 Å². The molecule has 0 aliphatic carbocycles. The van der Waals surface area contributed by atoms with E-state index in [0.717, 1.165) is 0 Å². The Kier molecular flexibility index (Phi) is 4.26. The van der Waals surface area contributed by atoms with E-state index >= 15 is 0 Å². The Morgan fingerprint density at radius 2 is 2.44 bits per heavy atom. The first-order valence-corrected chi connectivity index (χ1v) is 4.76. The highest BCUT2D eigenvalue weighted by Gasteiger charge is 2.19. The SMILES string of the molecule is C/C=C/C(=O)N[C@H](Cc1cnc[nH]1)C(=O)O. The second-order valence-corrected chi connectivity index (χ2v) is 3.18. The lowest BCUT2D eigenvalue weighted by Gasteiger charge is -2.11. The molecule has 0 bridgehead atoms. The predicted octanol–water partition coefficient (Wildman–Crippen LogP) is 0.0977. The minimum atomic E-state index is -1.08. The lowest BCUT2D eigenvalue weighted by Crippen LogP contribution is -2.41. The van der Waals surface area contributed by atoms with E-state index in [0.29, 0.717) is 5.69 Å². The van der Waals surface area contributed by atoms with Crippen LogP contribution in [0.5, 0.6) is 0 Å². The zero-order valence-corrected chi connectivity index (χ0v) is 8.80. The number of allylic oxidation sites excluding steroid dienone is 1. The second-order valence-electron chi connectivity index (χ2n) is 3.18. The molecule has 6 heteroatoms. The van der Waals surface area contributed by atoms with Crippen molar-refractivity contribution < 1.29 is 14.7 Å². The van der Waals surface area contributed by atoms with Gasteiger partial charge in [-0.2, -0.15) is 0 Å². The lowest BCUT2D eigenvalue weighted by molar-refractivity contribution is -0.141. The fraction of sp³-hybridized carbons (Fsp3) is 0.300. The molecule has 0 fully saturated rings. The third kappa shape index (κ3) is 3.56. The minimum absolute atomic E-state index is 0.179. The Hall–Kier alpha value is -2.11. The van der Waals surface area contributed by atoms with Gasteiger partial charge in [0, 0.05) is 18.3 Å². The molecule has 0 spiro atoms. The molecule has 0 radical (unpaired) electrons. The van der Waals surface area contributed by atoms with Crippen molar-refractivity contribution in [2.75, 3.05) is 0 Å². The van der Waals surface area contributed by atoms with Crippen molar-refractivity contribution in [2.24, 2.45) is 0 Å². The van der Waals surface area contributed by atoms with Crippen LogP contribution in [0.25, 0.3) is 0 Å².